The van der Waals surface area contributed by atoms with E-state index < -0.39 is 0 Å². The summed E-state index contributed by atoms with van der Waals surface area (Å²) in [4.78, 5) is 31.7. The van der Waals surface area contributed by atoms with Gasteiger partial charge in [0.25, 0.3) is 0 Å². The average molecular weight is 392 g/mol. The Morgan fingerprint density at radius 3 is 2.69 bits per heavy atom. The monoisotopic (exact) mass is 391 g/mol. The molecule has 0 spiro atoms. The second-order valence-electron chi connectivity index (χ2n) is 7.23. The maximum Gasteiger partial charge on any atom is 0.226 e. The van der Waals surface area contributed by atoms with Crippen molar-refractivity contribution in [2.24, 2.45) is 11.8 Å². The van der Waals surface area contributed by atoms with E-state index in [2.05, 4.69) is 29.0 Å². The van der Waals surface area contributed by atoms with Crippen LogP contribution in [0, 0.1) is 11.8 Å². The van der Waals surface area contributed by atoms with Gasteiger partial charge in [0.2, 0.25) is 5.91 Å². The second kappa shape index (κ2) is 8.88. The van der Waals surface area contributed by atoms with Crippen LogP contribution in [0.25, 0.3) is 0 Å². The van der Waals surface area contributed by atoms with Crippen molar-refractivity contribution >= 4 is 39.5 Å². The van der Waals surface area contributed by atoms with Gasteiger partial charge in [-0.3, -0.25) is 14.5 Å². The predicted octanol–water partition coefficient (Wildman–Crippen LogP) is 4.28. The third-order valence-corrected chi connectivity index (χ3v) is 6.22. The summed E-state index contributed by atoms with van der Waals surface area (Å²) in [6, 6.07) is 3.64. The third kappa shape index (κ3) is 5.46. The molecule has 2 atom stereocenters. The van der Waals surface area contributed by atoms with Crippen molar-refractivity contribution in [1.82, 2.24) is 9.88 Å². The first kappa shape index (κ1) is 19.2. The molecule has 0 aromatic carbocycles. The number of thiophene rings is 1. The summed E-state index contributed by atoms with van der Waals surface area (Å²) in [7, 11) is 0. The maximum atomic E-state index is 12.1. The van der Waals surface area contributed by atoms with Crippen molar-refractivity contribution in [3.05, 3.63) is 33.5 Å². The largest absolute Gasteiger partial charge is 0.302 e. The standard InChI is InChI=1S/C19H25N3O2S2/c1-13-8-14(2)10-22(9-13)11-15-12-26-19(20-15)21-18(24)6-5-16(23)17-4-3-7-25-17/h3-4,7,12-14H,5-6,8-11H2,1-2H3,(H,20,21,24). The number of ketones is 1. The van der Waals surface area contributed by atoms with Crippen molar-refractivity contribution in [2.45, 2.75) is 39.7 Å². The van der Waals surface area contributed by atoms with Gasteiger partial charge in [-0.05, 0) is 29.7 Å². The number of Topliss-reactive ketones (excluding diaryl/α,β-unsaturated/α-hetero) is 1. The number of carbonyl (C=O) groups excluding carboxylic acids is 2. The van der Waals surface area contributed by atoms with Crippen LogP contribution in [-0.4, -0.2) is 34.7 Å². The first-order valence-corrected chi connectivity index (χ1v) is 10.8. The average Bonchev–Trinajstić information content (AvgIpc) is 3.24. The van der Waals surface area contributed by atoms with E-state index in [0.717, 1.165) is 37.2 Å². The zero-order valence-electron chi connectivity index (χ0n) is 15.2. The fraction of sp³-hybridized carbons (Fsp3) is 0.526. The topological polar surface area (TPSA) is 62.3 Å². The van der Waals surface area contributed by atoms with Gasteiger partial charge in [-0.15, -0.1) is 22.7 Å². The van der Waals surface area contributed by atoms with Crippen molar-refractivity contribution in [3.8, 4) is 0 Å². The van der Waals surface area contributed by atoms with Crippen LogP contribution in [-0.2, 0) is 11.3 Å². The summed E-state index contributed by atoms with van der Waals surface area (Å²) >= 11 is 2.86. The van der Waals surface area contributed by atoms with Crippen LogP contribution in [0.4, 0.5) is 5.13 Å². The maximum absolute atomic E-state index is 12.1. The lowest BCUT2D eigenvalue weighted by Gasteiger charge is -2.34. The first-order chi connectivity index (χ1) is 12.5. The number of thiazole rings is 1. The molecule has 1 N–H and O–H groups in total. The minimum Gasteiger partial charge on any atom is -0.302 e. The van der Waals surface area contributed by atoms with Crippen LogP contribution in [0.15, 0.2) is 22.9 Å². The number of nitrogens with one attached hydrogen (secondary N) is 1. The molecule has 3 heterocycles. The second-order valence-corrected chi connectivity index (χ2v) is 9.04. The van der Waals surface area contributed by atoms with Gasteiger partial charge in [-0.2, -0.15) is 0 Å². The van der Waals surface area contributed by atoms with Gasteiger partial charge in [0.15, 0.2) is 10.9 Å². The molecule has 26 heavy (non-hydrogen) atoms. The smallest absolute Gasteiger partial charge is 0.226 e. The Morgan fingerprint density at radius 1 is 1.23 bits per heavy atom. The molecule has 5 nitrogen and oxygen atoms in total. The summed E-state index contributed by atoms with van der Waals surface area (Å²) in [5, 5.41) is 7.32. The Kier molecular flexibility index (Phi) is 6.56. The van der Waals surface area contributed by atoms with E-state index in [1.54, 1.807) is 6.07 Å². The van der Waals surface area contributed by atoms with Crippen LogP contribution in [0.3, 0.4) is 0 Å². The molecule has 7 heteroatoms. The molecule has 0 saturated carbocycles. The fourth-order valence-electron chi connectivity index (χ4n) is 3.56. The number of carbonyl (C=O) groups is 2. The number of piperidine rings is 1. The van der Waals surface area contributed by atoms with Crippen molar-refractivity contribution in [2.75, 3.05) is 18.4 Å². The van der Waals surface area contributed by atoms with Crippen LogP contribution in [0.2, 0.25) is 0 Å². The summed E-state index contributed by atoms with van der Waals surface area (Å²) in [6.07, 6.45) is 1.71. The van der Waals surface area contributed by atoms with E-state index in [9.17, 15) is 9.59 Å². The molecule has 2 unspecified atom stereocenters. The lowest BCUT2D eigenvalue weighted by Crippen LogP contribution is -2.38. The summed E-state index contributed by atoms with van der Waals surface area (Å²) in [6.45, 7) is 7.64. The van der Waals surface area contributed by atoms with Gasteiger partial charge in [-0.25, -0.2) is 4.98 Å². The highest BCUT2D eigenvalue weighted by Crippen LogP contribution is 2.24. The zero-order chi connectivity index (χ0) is 18.5. The van der Waals surface area contributed by atoms with Crippen molar-refractivity contribution < 1.29 is 9.59 Å². The van der Waals surface area contributed by atoms with Gasteiger partial charge in [-0.1, -0.05) is 19.9 Å². The zero-order valence-corrected chi connectivity index (χ0v) is 16.9. The number of rotatable bonds is 7. The molecular formula is C19H25N3O2S2. The van der Waals surface area contributed by atoms with Gasteiger partial charge in [0.05, 0.1) is 10.6 Å². The molecule has 1 aliphatic rings. The summed E-state index contributed by atoms with van der Waals surface area (Å²) in [5.41, 5.74) is 1.00. The van der Waals surface area contributed by atoms with E-state index in [4.69, 9.17) is 0 Å². The highest BCUT2D eigenvalue weighted by molar-refractivity contribution is 7.14. The van der Waals surface area contributed by atoms with Gasteiger partial charge < -0.3 is 5.32 Å². The molecule has 2 aromatic rings. The predicted molar refractivity (Wildman–Crippen MR) is 107 cm³/mol. The molecule has 0 radical (unpaired) electrons. The molecule has 2 aromatic heterocycles. The molecule has 1 saturated heterocycles. The number of hydrogen-bond donors (Lipinski definition) is 1. The van der Waals surface area contributed by atoms with Crippen LogP contribution >= 0.6 is 22.7 Å². The Labute approximate surface area is 162 Å². The van der Waals surface area contributed by atoms with Gasteiger partial charge >= 0.3 is 0 Å². The Morgan fingerprint density at radius 2 is 2.00 bits per heavy atom. The minimum absolute atomic E-state index is 0.0170. The molecule has 3 rings (SSSR count). The van der Waals surface area contributed by atoms with E-state index in [0.29, 0.717) is 10.0 Å². The van der Waals surface area contributed by atoms with Crippen LogP contribution in [0.1, 0.15) is 48.5 Å². The molecule has 1 fully saturated rings. The highest BCUT2D eigenvalue weighted by atomic mass is 32.1. The first-order valence-electron chi connectivity index (χ1n) is 9.03. The minimum atomic E-state index is -0.156. The number of hydrogen-bond acceptors (Lipinski definition) is 6. The van der Waals surface area contributed by atoms with Gasteiger partial charge in [0, 0.05) is 37.9 Å². The highest BCUT2D eigenvalue weighted by Gasteiger charge is 2.22. The van der Waals surface area contributed by atoms with E-state index in [1.165, 1.54) is 29.1 Å². The van der Waals surface area contributed by atoms with Crippen molar-refractivity contribution in [1.29, 1.82) is 0 Å². The van der Waals surface area contributed by atoms with Crippen molar-refractivity contribution in [3.63, 3.8) is 0 Å². The van der Waals surface area contributed by atoms with E-state index in [1.807, 2.05) is 16.8 Å². The number of nitrogens with zero attached hydrogens (tertiary/aromatic N) is 2. The van der Waals surface area contributed by atoms with E-state index >= 15 is 0 Å². The Balaban J connectivity index is 1.45. The van der Waals surface area contributed by atoms with Crippen LogP contribution < -0.4 is 5.32 Å². The summed E-state index contributed by atoms with van der Waals surface area (Å²) in [5.74, 6) is 1.30. The Bertz CT molecular complexity index is 732. The van der Waals surface area contributed by atoms with Crippen LogP contribution in [0.5, 0.6) is 0 Å². The normalized spacial score (nSPS) is 20.8. The number of anilines is 1. The Hall–Kier alpha value is -1.57. The molecule has 0 bridgehead atoms. The molecule has 1 amide bonds. The molecule has 0 aliphatic carbocycles. The molecule has 140 valence electrons. The SMILES string of the molecule is CC1CC(C)CN(Cc2csc(NC(=O)CCC(=O)c3cccs3)n2)C1. The third-order valence-electron chi connectivity index (χ3n) is 4.50. The number of aromatic nitrogens is 1. The lowest BCUT2D eigenvalue weighted by atomic mass is 9.92. The quantitative estimate of drug-likeness (QED) is 0.716. The number of amides is 1. The lowest BCUT2D eigenvalue weighted by molar-refractivity contribution is -0.116. The van der Waals surface area contributed by atoms with E-state index in [-0.39, 0.29) is 24.5 Å². The molecular weight excluding hydrogens is 366 g/mol. The molecule has 1 aliphatic heterocycles. The number of likely N-dealkylation sites (tertiary alicyclic amines) is 1. The fourth-order valence-corrected chi connectivity index (χ4v) is 4.97. The van der Waals surface area contributed by atoms with Gasteiger partial charge in [0.1, 0.15) is 0 Å². The summed E-state index contributed by atoms with van der Waals surface area (Å²) < 4.78 is 0.